The maximum atomic E-state index is 13.1. The van der Waals surface area contributed by atoms with E-state index in [9.17, 15) is 9.59 Å². The van der Waals surface area contributed by atoms with Crippen LogP contribution in [0.25, 0.3) is 40.2 Å². The molecule has 1 saturated carbocycles. The number of allylic oxidation sites excluding steroid dienone is 1. The molecule has 0 unspecified atom stereocenters. The SMILES string of the molecule is O=C1C(=Cc2cccc3[o+]c4ccccc4cc23)C(=O)C1C=c1cccc2c1=Cc1ccccc1O2. The van der Waals surface area contributed by atoms with E-state index in [0.29, 0.717) is 11.3 Å². The zero-order valence-electron chi connectivity index (χ0n) is 19.1. The molecule has 7 rings (SSSR count). The Hall–Kier alpha value is -4.83. The van der Waals surface area contributed by atoms with Gasteiger partial charge in [-0.3, -0.25) is 9.59 Å². The largest absolute Gasteiger partial charge is 0.456 e. The van der Waals surface area contributed by atoms with Crippen LogP contribution in [0.5, 0.6) is 11.5 Å². The average Bonchev–Trinajstić information content (AvgIpc) is 2.92. The Balaban J connectivity index is 1.28. The van der Waals surface area contributed by atoms with Crippen molar-refractivity contribution in [2.45, 2.75) is 0 Å². The fraction of sp³-hybridized carbons (Fsp3) is 0.0312. The molecule has 0 atom stereocenters. The van der Waals surface area contributed by atoms with Crippen LogP contribution < -0.4 is 15.2 Å². The maximum absolute atomic E-state index is 13.1. The molecule has 1 aliphatic carbocycles. The minimum absolute atomic E-state index is 0.176. The Bertz CT molecular complexity index is 1890. The fourth-order valence-electron chi connectivity index (χ4n) is 4.94. The zero-order valence-corrected chi connectivity index (χ0v) is 19.1. The number of para-hydroxylation sites is 2. The van der Waals surface area contributed by atoms with E-state index in [-0.39, 0.29) is 17.1 Å². The summed E-state index contributed by atoms with van der Waals surface area (Å²) < 4.78 is 12.1. The average molecular weight is 468 g/mol. The van der Waals surface area contributed by atoms with Gasteiger partial charge in [0.25, 0.3) is 0 Å². The van der Waals surface area contributed by atoms with E-state index in [0.717, 1.165) is 43.7 Å². The smallest absolute Gasteiger partial charge is 0.361 e. The summed E-state index contributed by atoms with van der Waals surface area (Å²) in [6, 6.07) is 28.9. The van der Waals surface area contributed by atoms with E-state index >= 15 is 0 Å². The number of ketones is 2. The highest BCUT2D eigenvalue weighted by Gasteiger charge is 2.42. The van der Waals surface area contributed by atoms with Crippen LogP contribution in [0.2, 0.25) is 0 Å². The molecule has 0 radical (unpaired) electrons. The molecule has 0 saturated heterocycles. The van der Waals surface area contributed by atoms with Gasteiger partial charge in [-0.1, -0.05) is 60.7 Å². The van der Waals surface area contributed by atoms with Gasteiger partial charge in [0.05, 0.1) is 16.3 Å². The number of Topliss-reactive ketones (excluding diaryl/α,β-unsaturated/α-hetero) is 2. The molecule has 1 aromatic heterocycles. The number of fused-ring (bicyclic) bond motifs is 4. The van der Waals surface area contributed by atoms with Crippen LogP contribution in [0.4, 0.5) is 0 Å². The molecule has 0 N–H and O–H groups in total. The predicted molar refractivity (Wildman–Crippen MR) is 140 cm³/mol. The first-order chi connectivity index (χ1) is 17.7. The van der Waals surface area contributed by atoms with Crippen LogP contribution in [0, 0.1) is 5.92 Å². The first-order valence-corrected chi connectivity index (χ1v) is 11.8. The summed E-state index contributed by atoms with van der Waals surface area (Å²) >= 11 is 0. The molecule has 36 heavy (non-hydrogen) atoms. The van der Waals surface area contributed by atoms with Gasteiger partial charge in [0.15, 0.2) is 11.6 Å². The predicted octanol–water partition coefficient (Wildman–Crippen LogP) is 5.43. The number of rotatable bonds is 2. The topological polar surface area (TPSA) is 54.7 Å². The monoisotopic (exact) mass is 467 g/mol. The summed E-state index contributed by atoms with van der Waals surface area (Å²) in [7, 11) is 0. The normalized spacial score (nSPS) is 16.7. The van der Waals surface area contributed by atoms with Crippen LogP contribution in [0.3, 0.4) is 0 Å². The Morgan fingerprint density at radius 3 is 2.42 bits per heavy atom. The fourth-order valence-corrected chi connectivity index (χ4v) is 4.94. The molecule has 0 bridgehead atoms. The summed E-state index contributed by atoms with van der Waals surface area (Å²) in [6.07, 6.45) is 5.47. The van der Waals surface area contributed by atoms with Gasteiger partial charge in [-0.2, -0.15) is 0 Å². The Morgan fingerprint density at radius 1 is 0.750 bits per heavy atom. The summed E-state index contributed by atoms with van der Waals surface area (Å²) in [6.45, 7) is 0. The lowest BCUT2D eigenvalue weighted by atomic mass is 9.75. The lowest BCUT2D eigenvalue weighted by Crippen LogP contribution is -2.41. The standard InChI is InChI=1S/C32H19O4/c33-31-25(15-19-9-5-13-29-23(19)17-21-7-1-3-11-27(21)35-29)32(34)26(31)16-20-10-6-14-30-24(20)18-22-8-2-4-12-28(22)36-30/h1-18,25H/q+1. The molecule has 4 nitrogen and oxygen atoms in total. The molecule has 1 fully saturated rings. The van der Waals surface area contributed by atoms with Crippen molar-refractivity contribution in [3.05, 3.63) is 118 Å². The van der Waals surface area contributed by atoms with Crippen molar-refractivity contribution in [1.82, 2.24) is 0 Å². The Morgan fingerprint density at radius 2 is 1.50 bits per heavy atom. The molecule has 5 aromatic rings. The molecular weight excluding hydrogens is 448 g/mol. The quantitative estimate of drug-likeness (QED) is 0.112. The van der Waals surface area contributed by atoms with Gasteiger partial charge in [-0.15, -0.1) is 0 Å². The highest BCUT2D eigenvalue weighted by Crippen LogP contribution is 2.32. The second-order valence-electron chi connectivity index (χ2n) is 9.02. The number of hydrogen-bond donors (Lipinski definition) is 0. The van der Waals surface area contributed by atoms with E-state index in [1.165, 1.54) is 0 Å². The highest BCUT2D eigenvalue weighted by atomic mass is 16.5. The van der Waals surface area contributed by atoms with Crippen molar-refractivity contribution < 1.29 is 18.7 Å². The van der Waals surface area contributed by atoms with Gasteiger partial charge in [0.1, 0.15) is 17.4 Å². The first kappa shape index (κ1) is 20.5. The first-order valence-electron chi connectivity index (χ1n) is 11.8. The molecule has 170 valence electrons. The summed E-state index contributed by atoms with van der Waals surface area (Å²) in [5.41, 5.74) is 3.46. The second-order valence-corrected chi connectivity index (χ2v) is 9.02. The van der Waals surface area contributed by atoms with E-state index in [2.05, 4.69) is 0 Å². The second kappa shape index (κ2) is 7.85. The molecule has 2 heterocycles. The third-order valence-corrected chi connectivity index (χ3v) is 6.82. The summed E-state index contributed by atoms with van der Waals surface area (Å²) in [5, 5.41) is 3.50. The lowest BCUT2D eigenvalue weighted by Gasteiger charge is -2.23. The van der Waals surface area contributed by atoms with E-state index < -0.39 is 5.92 Å². The number of benzene rings is 4. The highest BCUT2D eigenvalue weighted by molar-refractivity contribution is 6.43. The number of hydrogen-bond acceptors (Lipinski definition) is 3. The van der Waals surface area contributed by atoms with E-state index in [4.69, 9.17) is 9.15 Å². The van der Waals surface area contributed by atoms with E-state index in [1.54, 1.807) is 12.2 Å². The van der Waals surface area contributed by atoms with Gasteiger partial charge in [-0.25, -0.2) is 4.42 Å². The molecule has 4 aromatic carbocycles. The lowest BCUT2D eigenvalue weighted by molar-refractivity contribution is -0.133. The Kier molecular flexibility index (Phi) is 4.48. The zero-order chi connectivity index (χ0) is 24.2. The number of carbonyl (C=O) groups is 2. The molecule has 0 amide bonds. The van der Waals surface area contributed by atoms with Crippen LogP contribution in [-0.4, -0.2) is 11.6 Å². The number of ether oxygens (including phenoxy) is 1. The van der Waals surface area contributed by atoms with E-state index in [1.807, 2.05) is 97.1 Å². The maximum Gasteiger partial charge on any atom is 0.361 e. The van der Waals surface area contributed by atoms with Gasteiger partial charge in [0, 0.05) is 22.9 Å². The minimum atomic E-state index is -0.797. The summed E-state index contributed by atoms with van der Waals surface area (Å²) in [4.78, 5) is 26.2. The van der Waals surface area contributed by atoms with Gasteiger partial charge in [-0.05, 0) is 47.2 Å². The third kappa shape index (κ3) is 3.19. The van der Waals surface area contributed by atoms with Crippen molar-refractivity contribution in [3.63, 3.8) is 0 Å². The molecule has 1 aliphatic heterocycles. The molecule has 0 spiro atoms. The van der Waals surface area contributed by atoms with Crippen molar-refractivity contribution in [2.24, 2.45) is 5.92 Å². The van der Waals surface area contributed by atoms with Gasteiger partial charge in [0.2, 0.25) is 0 Å². The third-order valence-electron chi connectivity index (χ3n) is 6.82. The van der Waals surface area contributed by atoms with Crippen molar-refractivity contribution >= 4 is 51.7 Å². The molecule has 4 heteroatoms. The van der Waals surface area contributed by atoms with Crippen LogP contribution >= 0.6 is 0 Å². The van der Waals surface area contributed by atoms with Crippen LogP contribution in [0.15, 0.2) is 101 Å². The minimum Gasteiger partial charge on any atom is -0.456 e. The van der Waals surface area contributed by atoms with Gasteiger partial charge >= 0.3 is 11.2 Å². The Labute approximate surface area is 206 Å². The molecule has 2 aliphatic rings. The van der Waals surface area contributed by atoms with Crippen molar-refractivity contribution in [3.8, 4) is 11.5 Å². The summed E-state index contributed by atoms with van der Waals surface area (Å²) in [5.74, 6) is 0.352. The van der Waals surface area contributed by atoms with Gasteiger partial charge < -0.3 is 4.74 Å². The van der Waals surface area contributed by atoms with Crippen molar-refractivity contribution in [1.29, 1.82) is 0 Å². The van der Waals surface area contributed by atoms with Crippen LogP contribution in [0.1, 0.15) is 11.1 Å². The van der Waals surface area contributed by atoms with Crippen molar-refractivity contribution in [2.75, 3.05) is 0 Å². The van der Waals surface area contributed by atoms with Crippen LogP contribution in [-0.2, 0) is 9.59 Å². The molecular formula is C32H19O4+. The number of carbonyl (C=O) groups excluding carboxylic acids is 2.